The molecule has 7 nitrogen and oxygen atoms in total. The largest absolute Gasteiger partial charge is 0.465 e. The van der Waals surface area contributed by atoms with Gasteiger partial charge in [-0.2, -0.15) is 0 Å². The van der Waals surface area contributed by atoms with Crippen LogP contribution in [0.3, 0.4) is 0 Å². The van der Waals surface area contributed by atoms with Crippen LogP contribution >= 0.6 is 23.5 Å². The number of nitrogens with zero attached hydrogens (tertiary/aromatic N) is 2. The van der Waals surface area contributed by atoms with Gasteiger partial charge in [0.1, 0.15) is 22.7 Å². The third-order valence-electron chi connectivity index (χ3n) is 4.34. The molecule has 0 amide bonds. The van der Waals surface area contributed by atoms with E-state index in [9.17, 15) is 9.59 Å². The average molecular weight is 393 g/mol. The van der Waals surface area contributed by atoms with E-state index in [2.05, 4.69) is 4.99 Å². The molecule has 1 fully saturated rings. The summed E-state index contributed by atoms with van der Waals surface area (Å²) in [6.45, 7) is 7.51. The minimum atomic E-state index is -1.40. The van der Waals surface area contributed by atoms with Crippen LogP contribution in [0.2, 0.25) is 0 Å². The maximum atomic E-state index is 12.9. The van der Waals surface area contributed by atoms with Crippen molar-refractivity contribution in [3.63, 3.8) is 0 Å². The van der Waals surface area contributed by atoms with Crippen molar-refractivity contribution in [3.8, 4) is 0 Å². The van der Waals surface area contributed by atoms with Crippen LogP contribution in [-0.2, 0) is 23.8 Å². The lowest BCUT2D eigenvalue weighted by molar-refractivity contribution is -0.166. The molecule has 1 rings (SSSR count). The highest BCUT2D eigenvalue weighted by Gasteiger charge is 2.64. The van der Waals surface area contributed by atoms with Gasteiger partial charge in [-0.15, -0.1) is 23.5 Å². The van der Waals surface area contributed by atoms with Gasteiger partial charge in [0.25, 0.3) is 0 Å². The summed E-state index contributed by atoms with van der Waals surface area (Å²) < 4.78 is 17.2. The fraction of sp³-hybridized carbons (Fsp3) is 0.812. The molecule has 0 spiro atoms. The van der Waals surface area contributed by atoms with Crippen molar-refractivity contribution in [2.45, 2.75) is 44.9 Å². The van der Waals surface area contributed by atoms with Gasteiger partial charge in [0.2, 0.25) is 0 Å². The zero-order valence-corrected chi connectivity index (χ0v) is 17.6. The van der Waals surface area contributed by atoms with Crippen LogP contribution in [-0.4, -0.2) is 77.9 Å². The van der Waals surface area contributed by atoms with Crippen LogP contribution in [0.15, 0.2) is 4.99 Å². The lowest BCUT2D eigenvalue weighted by atomic mass is 9.77. The summed E-state index contributed by atoms with van der Waals surface area (Å²) in [6, 6.07) is -0.768. The standard InChI is InChI=1S/C16H28N2O5S2/c1-8-21-12(19)11-16(4,23-10-18(11)5)15(3,13(20)22-9-2)17-14(24-6)25-7/h11H,8-10H2,1-7H3/t11-,15+,16+/m1/s1. The Morgan fingerprint density at radius 2 is 1.84 bits per heavy atom. The molecule has 1 aliphatic rings. The number of carbonyl (C=O) groups excluding carboxylic acids is 2. The minimum Gasteiger partial charge on any atom is -0.465 e. The van der Waals surface area contributed by atoms with Crippen LogP contribution in [0.4, 0.5) is 0 Å². The van der Waals surface area contributed by atoms with Crippen molar-refractivity contribution < 1.29 is 23.8 Å². The predicted molar refractivity (Wildman–Crippen MR) is 102 cm³/mol. The molecule has 0 aromatic rings. The van der Waals surface area contributed by atoms with Crippen LogP contribution in [0.1, 0.15) is 27.7 Å². The summed E-state index contributed by atoms with van der Waals surface area (Å²) in [5.41, 5.74) is -2.62. The van der Waals surface area contributed by atoms with Gasteiger partial charge in [0.05, 0.1) is 13.2 Å². The van der Waals surface area contributed by atoms with E-state index in [-0.39, 0.29) is 19.9 Å². The monoisotopic (exact) mass is 392 g/mol. The molecule has 0 aromatic carbocycles. The first-order valence-corrected chi connectivity index (χ1v) is 10.5. The van der Waals surface area contributed by atoms with Crippen molar-refractivity contribution in [1.29, 1.82) is 0 Å². The molecule has 25 heavy (non-hydrogen) atoms. The van der Waals surface area contributed by atoms with E-state index >= 15 is 0 Å². The number of likely N-dealkylation sites (N-methyl/N-ethyl adjacent to an activating group) is 1. The minimum absolute atomic E-state index is 0.193. The molecule has 0 bridgehead atoms. The van der Waals surface area contributed by atoms with Gasteiger partial charge < -0.3 is 14.2 Å². The topological polar surface area (TPSA) is 77.4 Å². The van der Waals surface area contributed by atoms with Crippen LogP contribution in [0.5, 0.6) is 0 Å². The van der Waals surface area contributed by atoms with Crippen LogP contribution in [0, 0.1) is 0 Å². The van der Waals surface area contributed by atoms with E-state index in [4.69, 9.17) is 14.2 Å². The smallest absolute Gasteiger partial charge is 0.336 e. The lowest BCUT2D eigenvalue weighted by Crippen LogP contribution is -2.64. The van der Waals surface area contributed by atoms with E-state index in [0.29, 0.717) is 4.38 Å². The maximum Gasteiger partial charge on any atom is 0.336 e. The molecule has 1 aliphatic heterocycles. The summed E-state index contributed by atoms with van der Waals surface area (Å²) in [5, 5.41) is 0. The number of esters is 2. The maximum absolute atomic E-state index is 12.9. The van der Waals surface area contributed by atoms with E-state index in [1.807, 2.05) is 12.5 Å². The summed E-state index contributed by atoms with van der Waals surface area (Å²) in [7, 11) is 1.76. The molecular weight excluding hydrogens is 364 g/mol. The molecule has 144 valence electrons. The van der Waals surface area contributed by atoms with E-state index in [0.717, 1.165) is 0 Å². The van der Waals surface area contributed by atoms with Crippen LogP contribution in [0.25, 0.3) is 0 Å². The summed E-state index contributed by atoms with van der Waals surface area (Å²) in [6.07, 6.45) is 3.77. The Balaban J connectivity index is 3.47. The Hall–Kier alpha value is -0.770. The average Bonchev–Trinajstić information content (AvgIpc) is 2.89. The van der Waals surface area contributed by atoms with Gasteiger partial charge in [-0.25, -0.2) is 4.79 Å². The van der Waals surface area contributed by atoms with Crippen LogP contribution < -0.4 is 0 Å². The summed E-state index contributed by atoms with van der Waals surface area (Å²) >= 11 is 2.86. The Morgan fingerprint density at radius 1 is 1.28 bits per heavy atom. The second-order valence-corrected chi connectivity index (χ2v) is 7.72. The lowest BCUT2D eigenvalue weighted by Gasteiger charge is -2.41. The second-order valence-electron chi connectivity index (χ2n) is 5.87. The molecule has 0 aromatic heterocycles. The molecule has 0 radical (unpaired) electrons. The third kappa shape index (κ3) is 4.32. The highest BCUT2D eigenvalue weighted by Crippen LogP contribution is 2.41. The third-order valence-corrected chi connectivity index (χ3v) is 6.23. The number of ether oxygens (including phenoxy) is 3. The van der Waals surface area contributed by atoms with Gasteiger partial charge in [-0.1, -0.05) is 0 Å². The molecule has 0 N–H and O–H groups in total. The fourth-order valence-electron chi connectivity index (χ4n) is 2.83. The van der Waals surface area contributed by atoms with Gasteiger partial charge in [0, 0.05) is 0 Å². The number of thioether (sulfide) groups is 2. The van der Waals surface area contributed by atoms with Crippen molar-refractivity contribution in [2.24, 2.45) is 4.99 Å². The Kier molecular flexibility index (Phi) is 8.24. The van der Waals surface area contributed by atoms with Gasteiger partial charge in [-0.05, 0) is 47.3 Å². The number of rotatable bonds is 6. The first kappa shape index (κ1) is 22.3. The zero-order valence-electron chi connectivity index (χ0n) is 16.0. The zero-order chi connectivity index (χ0) is 19.3. The normalized spacial score (nSPS) is 26.0. The molecule has 0 saturated carbocycles. The van der Waals surface area contributed by atoms with Crippen molar-refractivity contribution in [1.82, 2.24) is 4.90 Å². The molecule has 3 atom stereocenters. The Bertz CT molecular complexity index is 525. The number of hydrogen-bond donors (Lipinski definition) is 0. The predicted octanol–water partition coefficient (Wildman–Crippen LogP) is 2.00. The fourth-order valence-corrected chi connectivity index (χ4v) is 4.05. The van der Waals surface area contributed by atoms with Gasteiger partial charge in [-0.3, -0.25) is 14.7 Å². The molecule has 1 saturated heterocycles. The van der Waals surface area contributed by atoms with Crippen molar-refractivity contribution >= 4 is 39.8 Å². The van der Waals surface area contributed by atoms with Crippen molar-refractivity contribution in [2.75, 3.05) is 39.5 Å². The second kappa shape index (κ2) is 9.25. The van der Waals surface area contributed by atoms with E-state index in [1.54, 1.807) is 39.6 Å². The molecular formula is C16H28N2O5S2. The quantitative estimate of drug-likeness (QED) is 0.386. The summed E-state index contributed by atoms with van der Waals surface area (Å²) in [5.74, 6) is -0.965. The molecule has 9 heteroatoms. The molecule has 0 aliphatic carbocycles. The first-order valence-electron chi connectivity index (χ1n) is 8.07. The Labute approximate surface area is 158 Å². The Morgan fingerprint density at radius 3 is 2.32 bits per heavy atom. The van der Waals surface area contributed by atoms with E-state index < -0.39 is 29.1 Å². The van der Waals surface area contributed by atoms with E-state index in [1.165, 1.54) is 23.5 Å². The summed E-state index contributed by atoms with van der Waals surface area (Å²) in [4.78, 5) is 31.8. The number of aliphatic imine (C=N–C) groups is 1. The molecule has 1 heterocycles. The van der Waals surface area contributed by atoms with Crippen molar-refractivity contribution in [3.05, 3.63) is 0 Å². The SMILES string of the molecule is CCOC(=O)[C@H]1N(C)CO[C@]1(C)[C@@](C)(N=C(SC)SC)C(=O)OCC. The number of carbonyl (C=O) groups is 2. The highest BCUT2D eigenvalue weighted by atomic mass is 32.2. The van der Waals surface area contributed by atoms with Gasteiger partial charge >= 0.3 is 11.9 Å². The molecule has 0 unspecified atom stereocenters. The van der Waals surface area contributed by atoms with Gasteiger partial charge in [0.15, 0.2) is 5.54 Å². The number of hydrogen-bond acceptors (Lipinski definition) is 9. The first-order chi connectivity index (χ1) is 11.7. The highest BCUT2D eigenvalue weighted by molar-refractivity contribution is 8.38.